The van der Waals surface area contributed by atoms with Crippen molar-refractivity contribution in [3.05, 3.63) is 30.1 Å². The molecule has 1 rings (SSSR count). The molecule has 0 aromatic heterocycles. The van der Waals surface area contributed by atoms with Gasteiger partial charge in [-0.15, -0.1) is 0 Å². The summed E-state index contributed by atoms with van der Waals surface area (Å²) in [5, 5.41) is 0. The van der Waals surface area contributed by atoms with Gasteiger partial charge in [0.1, 0.15) is 5.82 Å². The van der Waals surface area contributed by atoms with E-state index in [1.807, 2.05) is 0 Å². The molecule has 2 nitrogen and oxygen atoms in total. The molecule has 16 heavy (non-hydrogen) atoms. The highest BCUT2D eigenvalue weighted by Crippen LogP contribution is 2.18. The molecule has 0 bridgehead atoms. The van der Waals surface area contributed by atoms with Gasteiger partial charge in [-0.1, -0.05) is 26.0 Å². The van der Waals surface area contributed by atoms with E-state index in [-0.39, 0.29) is 11.7 Å². The van der Waals surface area contributed by atoms with Crippen LogP contribution in [0.5, 0.6) is 0 Å². The van der Waals surface area contributed by atoms with Crippen LogP contribution in [0.1, 0.15) is 26.7 Å². The van der Waals surface area contributed by atoms with Crippen LogP contribution in [0.4, 0.5) is 10.1 Å². The first-order valence-electron chi connectivity index (χ1n) is 5.53. The molecule has 0 aliphatic heterocycles. The highest BCUT2D eigenvalue weighted by atomic mass is 19.1. The molecule has 0 radical (unpaired) electrons. The van der Waals surface area contributed by atoms with Crippen molar-refractivity contribution >= 4 is 11.6 Å². The second-order valence-corrected chi connectivity index (χ2v) is 4.34. The number of nitrogens with zero attached hydrogens (tertiary/aromatic N) is 1. The van der Waals surface area contributed by atoms with E-state index in [1.54, 1.807) is 25.2 Å². The molecule has 0 unspecified atom stereocenters. The van der Waals surface area contributed by atoms with E-state index >= 15 is 0 Å². The Morgan fingerprint density at radius 2 is 2.00 bits per heavy atom. The Kier molecular flexibility index (Phi) is 4.47. The largest absolute Gasteiger partial charge is 0.313 e. The van der Waals surface area contributed by atoms with Crippen LogP contribution in [0.2, 0.25) is 0 Å². The number of anilines is 1. The first kappa shape index (κ1) is 12.7. The van der Waals surface area contributed by atoms with Gasteiger partial charge in [0.25, 0.3) is 0 Å². The highest BCUT2D eigenvalue weighted by Gasteiger charge is 2.14. The molecule has 1 aromatic rings. The lowest BCUT2D eigenvalue weighted by molar-refractivity contribution is -0.118. The zero-order chi connectivity index (χ0) is 12.1. The van der Waals surface area contributed by atoms with Crippen LogP contribution < -0.4 is 4.90 Å². The Bertz CT molecular complexity index is 363. The first-order valence-corrected chi connectivity index (χ1v) is 5.53. The van der Waals surface area contributed by atoms with Gasteiger partial charge in [0.05, 0.1) is 5.69 Å². The molecule has 0 spiro atoms. The smallest absolute Gasteiger partial charge is 0.226 e. The Morgan fingerprint density at radius 3 is 2.56 bits per heavy atom. The molecular formula is C13H18FNO. The number of halogens is 1. The summed E-state index contributed by atoms with van der Waals surface area (Å²) in [6.45, 7) is 4.13. The number of carbonyl (C=O) groups excluding carboxylic acids is 1. The molecule has 0 heterocycles. The Balaban J connectivity index is 2.67. The maximum absolute atomic E-state index is 13.4. The standard InChI is InChI=1S/C13H18FNO/c1-10(2)8-9-13(16)15(3)12-7-5-4-6-11(12)14/h4-7,10H,8-9H2,1-3H3. The van der Waals surface area contributed by atoms with Crippen molar-refractivity contribution in [1.29, 1.82) is 0 Å². The van der Waals surface area contributed by atoms with Gasteiger partial charge in [-0.2, -0.15) is 0 Å². The van der Waals surface area contributed by atoms with Gasteiger partial charge in [0.15, 0.2) is 0 Å². The predicted molar refractivity (Wildman–Crippen MR) is 63.9 cm³/mol. The van der Waals surface area contributed by atoms with Crippen LogP contribution in [0.3, 0.4) is 0 Å². The van der Waals surface area contributed by atoms with Gasteiger partial charge < -0.3 is 4.90 Å². The number of hydrogen-bond acceptors (Lipinski definition) is 1. The van der Waals surface area contributed by atoms with Crippen LogP contribution in [0, 0.1) is 11.7 Å². The fourth-order valence-corrected chi connectivity index (χ4v) is 1.44. The van der Waals surface area contributed by atoms with Crippen LogP contribution in [-0.4, -0.2) is 13.0 Å². The number of hydrogen-bond donors (Lipinski definition) is 0. The van der Waals surface area contributed by atoms with E-state index in [0.29, 0.717) is 18.0 Å². The number of benzene rings is 1. The average Bonchev–Trinajstić information content (AvgIpc) is 2.25. The van der Waals surface area contributed by atoms with Crippen LogP contribution in [-0.2, 0) is 4.79 Å². The molecule has 0 N–H and O–H groups in total. The van der Waals surface area contributed by atoms with Crippen molar-refractivity contribution in [2.75, 3.05) is 11.9 Å². The summed E-state index contributed by atoms with van der Waals surface area (Å²) in [4.78, 5) is 13.1. The summed E-state index contributed by atoms with van der Waals surface area (Å²) in [6, 6.07) is 6.32. The van der Waals surface area contributed by atoms with Crippen molar-refractivity contribution in [2.45, 2.75) is 26.7 Å². The fraction of sp³-hybridized carbons (Fsp3) is 0.462. The highest BCUT2D eigenvalue weighted by molar-refractivity contribution is 5.92. The molecule has 0 saturated carbocycles. The molecule has 0 atom stereocenters. The lowest BCUT2D eigenvalue weighted by Gasteiger charge is -2.18. The summed E-state index contributed by atoms with van der Waals surface area (Å²) in [6.07, 6.45) is 1.29. The van der Waals surface area contributed by atoms with E-state index in [2.05, 4.69) is 13.8 Å². The quantitative estimate of drug-likeness (QED) is 0.767. The summed E-state index contributed by atoms with van der Waals surface area (Å²) in [5.74, 6) is 0.0830. The third kappa shape index (κ3) is 3.33. The minimum Gasteiger partial charge on any atom is -0.313 e. The molecule has 3 heteroatoms. The molecule has 0 aliphatic rings. The van der Waals surface area contributed by atoms with Gasteiger partial charge in [0.2, 0.25) is 5.91 Å². The van der Waals surface area contributed by atoms with Crippen LogP contribution in [0.25, 0.3) is 0 Å². The predicted octanol–water partition coefficient (Wildman–Crippen LogP) is 3.22. The summed E-state index contributed by atoms with van der Waals surface area (Å²) in [5.41, 5.74) is 0.344. The molecule has 88 valence electrons. The van der Waals surface area contributed by atoms with Gasteiger partial charge >= 0.3 is 0 Å². The minimum atomic E-state index is -0.358. The van der Waals surface area contributed by atoms with Crippen molar-refractivity contribution < 1.29 is 9.18 Å². The third-order valence-corrected chi connectivity index (χ3v) is 2.52. The van der Waals surface area contributed by atoms with E-state index < -0.39 is 0 Å². The fourth-order valence-electron chi connectivity index (χ4n) is 1.44. The minimum absolute atomic E-state index is 0.0428. The topological polar surface area (TPSA) is 20.3 Å². The van der Waals surface area contributed by atoms with Crippen molar-refractivity contribution in [2.24, 2.45) is 5.92 Å². The van der Waals surface area contributed by atoms with E-state index in [1.165, 1.54) is 11.0 Å². The summed E-state index contributed by atoms with van der Waals surface area (Å²) >= 11 is 0. The lowest BCUT2D eigenvalue weighted by atomic mass is 10.1. The summed E-state index contributed by atoms with van der Waals surface area (Å²) < 4.78 is 13.4. The van der Waals surface area contributed by atoms with Gasteiger partial charge in [-0.25, -0.2) is 4.39 Å². The molecular weight excluding hydrogens is 205 g/mol. The maximum atomic E-state index is 13.4. The van der Waals surface area contributed by atoms with Gasteiger partial charge in [-0.05, 0) is 24.5 Å². The Morgan fingerprint density at radius 1 is 1.38 bits per heavy atom. The zero-order valence-electron chi connectivity index (χ0n) is 10.0. The van der Waals surface area contributed by atoms with Gasteiger partial charge in [0, 0.05) is 13.5 Å². The molecule has 0 fully saturated rings. The van der Waals surface area contributed by atoms with E-state index in [4.69, 9.17) is 0 Å². The normalized spacial score (nSPS) is 10.6. The van der Waals surface area contributed by atoms with E-state index in [9.17, 15) is 9.18 Å². The Labute approximate surface area is 96.1 Å². The van der Waals surface area contributed by atoms with Gasteiger partial charge in [-0.3, -0.25) is 4.79 Å². The van der Waals surface area contributed by atoms with E-state index in [0.717, 1.165) is 6.42 Å². The van der Waals surface area contributed by atoms with Crippen LogP contribution in [0.15, 0.2) is 24.3 Å². The number of carbonyl (C=O) groups is 1. The SMILES string of the molecule is CC(C)CCC(=O)N(C)c1ccccc1F. The second kappa shape index (κ2) is 5.64. The molecule has 0 aliphatic carbocycles. The molecule has 1 amide bonds. The van der Waals surface area contributed by atoms with Crippen LogP contribution >= 0.6 is 0 Å². The second-order valence-electron chi connectivity index (χ2n) is 4.34. The average molecular weight is 223 g/mol. The molecule has 1 aromatic carbocycles. The first-order chi connectivity index (χ1) is 7.52. The van der Waals surface area contributed by atoms with Crippen molar-refractivity contribution in [3.8, 4) is 0 Å². The molecule has 0 saturated heterocycles. The number of rotatable bonds is 4. The monoisotopic (exact) mass is 223 g/mol. The zero-order valence-corrected chi connectivity index (χ0v) is 10.0. The maximum Gasteiger partial charge on any atom is 0.226 e. The van der Waals surface area contributed by atoms with Crippen molar-refractivity contribution in [3.63, 3.8) is 0 Å². The number of amides is 1. The number of para-hydroxylation sites is 1. The van der Waals surface area contributed by atoms with Crippen molar-refractivity contribution in [1.82, 2.24) is 0 Å². The Hall–Kier alpha value is -1.38. The third-order valence-electron chi connectivity index (χ3n) is 2.52. The summed E-state index contributed by atoms with van der Waals surface area (Å²) in [7, 11) is 1.61. The lowest BCUT2D eigenvalue weighted by Crippen LogP contribution is -2.27.